The quantitative estimate of drug-likeness (QED) is 0.189. The monoisotopic (exact) mass is 497 g/mol. The minimum atomic E-state index is -4.30. The highest BCUT2D eigenvalue weighted by Crippen LogP contribution is 2.11. The standard InChI is InChI=1S/C17H19N7O9S/c18-9-8-22(14(9)28)17(31)19-2-1-5-34(32,33)24-4-3-23(15(29)16(24)30)21-13(27)10-6-11(25)12(26)7-20-10/h1-2,6-7,9,26H,3-5,8,18H2,(H,19,31)(H,20,25)(H,21,27). The summed E-state index contributed by atoms with van der Waals surface area (Å²) in [5.41, 5.74) is 6.27. The van der Waals surface area contributed by atoms with E-state index in [2.05, 4.69) is 15.7 Å². The number of amides is 6. The predicted molar refractivity (Wildman–Crippen MR) is 111 cm³/mol. The number of aromatic hydroxyl groups is 1. The molecule has 3 heterocycles. The Morgan fingerprint density at radius 2 is 1.91 bits per heavy atom. The first-order valence-electron chi connectivity index (χ1n) is 9.53. The molecular weight excluding hydrogens is 478 g/mol. The van der Waals surface area contributed by atoms with Crippen LogP contribution in [0.4, 0.5) is 4.79 Å². The van der Waals surface area contributed by atoms with Gasteiger partial charge in [0.2, 0.25) is 21.4 Å². The number of H-pyrrole nitrogens is 1. The summed E-state index contributed by atoms with van der Waals surface area (Å²) in [6, 6.07) is -0.786. The van der Waals surface area contributed by atoms with Crippen molar-refractivity contribution in [3.05, 3.63) is 40.5 Å². The normalized spacial score (nSPS) is 18.8. The number of likely N-dealkylation sites (tertiary alicyclic amines) is 1. The average Bonchev–Trinajstić information content (AvgIpc) is 2.79. The molecule has 1 unspecified atom stereocenters. The van der Waals surface area contributed by atoms with Gasteiger partial charge in [0.15, 0.2) is 5.75 Å². The maximum atomic E-state index is 12.4. The molecule has 2 fully saturated rings. The van der Waals surface area contributed by atoms with Gasteiger partial charge in [0.1, 0.15) is 11.7 Å². The van der Waals surface area contributed by atoms with E-state index in [1.165, 1.54) is 0 Å². The highest BCUT2D eigenvalue weighted by molar-refractivity contribution is 7.89. The van der Waals surface area contributed by atoms with Gasteiger partial charge in [-0.25, -0.2) is 22.5 Å². The van der Waals surface area contributed by atoms with Gasteiger partial charge in [-0.1, -0.05) is 6.08 Å². The predicted octanol–water partition coefficient (Wildman–Crippen LogP) is -3.88. The number of pyridine rings is 1. The summed E-state index contributed by atoms with van der Waals surface area (Å²) in [6.07, 6.45) is 2.84. The molecule has 0 aromatic carbocycles. The van der Waals surface area contributed by atoms with Crippen LogP contribution in [0.5, 0.6) is 5.75 Å². The second kappa shape index (κ2) is 9.32. The lowest BCUT2D eigenvalue weighted by atomic mass is 10.1. The largest absolute Gasteiger partial charge is 0.503 e. The van der Waals surface area contributed by atoms with Crippen molar-refractivity contribution in [3.63, 3.8) is 0 Å². The van der Waals surface area contributed by atoms with Gasteiger partial charge in [-0.3, -0.25) is 34.3 Å². The van der Waals surface area contributed by atoms with Crippen LogP contribution in [0.25, 0.3) is 0 Å². The fourth-order valence-electron chi connectivity index (χ4n) is 2.87. The van der Waals surface area contributed by atoms with Crippen LogP contribution in [-0.4, -0.2) is 93.8 Å². The zero-order valence-corrected chi connectivity index (χ0v) is 18.1. The number of hydrogen-bond acceptors (Lipinski definition) is 10. The average molecular weight is 497 g/mol. The first kappa shape index (κ1) is 24.4. The molecule has 1 aromatic heterocycles. The third kappa shape index (κ3) is 4.89. The summed E-state index contributed by atoms with van der Waals surface area (Å²) in [6.45, 7) is -0.827. The molecule has 6 amide bonds. The number of imide groups is 1. The van der Waals surface area contributed by atoms with Gasteiger partial charge in [-0.15, -0.1) is 0 Å². The lowest BCUT2D eigenvalue weighted by Gasteiger charge is -2.33. The van der Waals surface area contributed by atoms with Gasteiger partial charge in [-0.2, -0.15) is 0 Å². The van der Waals surface area contributed by atoms with E-state index in [9.17, 15) is 42.3 Å². The van der Waals surface area contributed by atoms with Gasteiger partial charge in [-0.05, 0) is 0 Å². The summed E-state index contributed by atoms with van der Waals surface area (Å²) in [5, 5.41) is 12.0. The van der Waals surface area contributed by atoms with Gasteiger partial charge in [0, 0.05) is 18.5 Å². The molecule has 1 aromatic rings. The Morgan fingerprint density at radius 3 is 2.53 bits per heavy atom. The molecule has 6 N–H and O–H groups in total. The number of urea groups is 1. The molecule has 0 bridgehead atoms. The van der Waals surface area contributed by atoms with Crippen molar-refractivity contribution in [2.45, 2.75) is 6.04 Å². The van der Waals surface area contributed by atoms with E-state index in [0.717, 1.165) is 29.4 Å². The smallest absolute Gasteiger partial charge is 0.331 e. The van der Waals surface area contributed by atoms with E-state index in [4.69, 9.17) is 5.73 Å². The van der Waals surface area contributed by atoms with E-state index >= 15 is 0 Å². The highest BCUT2D eigenvalue weighted by atomic mass is 32.2. The van der Waals surface area contributed by atoms with Crippen molar-refractivity contribution in [1.29, 1.82) is 0 Å². The van der Waals surface area contributed by atoms with Crippen LogP contribution in [0.2, 0.25) is 0 Å². The number of hydrogen-bond donors (Lipinski definition) is 5. The third-order valence-corrected chi connectivity index (χ3v) is 6.36. The number of aromatic nitrogens is 1. The summed E-state index contributed by atoms with van der Waals surface area (Å²) >= 11 is 0. The Balaban J connectivity index is 1.55. The van der Waals surface area contributed by atoms with Crippen LogP contribution in [0.15, 0.2) is 29.3 Å². The van der Waals surface area contributed by atoms with E-state index in [1.54, 1.807) is 0 Å². The lowest BCUT2D eigenvalue weighted by Crippen LogP contribution is -2.64. The summed E-state index contributed by atoms with van der Waals surface area (Å²) in [4.78, 5) is 74.4. The van der Waals surface area contributed by atoms with Gasteiger partial charge >= 0.3 is 17.8 Å². The first-order chi connectivity index (χ1) is 15.9. The lowest BCUT2D eigenvalue weighted by molar-refractivity contribution is -0.154. The fraction of sp³-hybridized carbons (Fsp3) is 0.294. The van der Waals surface area contributed by atoms with Crippen molar-refractivity contribution in [2.24, 2.45) is 5.73 Å². The van der Waals surface area contributed by atoms with E-state index < -0.39 is 69.2 Å². The summed E-state index contributed by atoms with van der Waals surface area (Å²) < 4.78 is 25.2. The molecular formula is C17H19N7O9S. The maximum Gasteiger partial charge on any atom is 0.331 e. The number of β-lactam (4-membered cyclic amide) rings is 1. The molecule has 0 saturated carbocycles. The van der Waals surface area contributed by atoms with Gasteiger partial charge in [0.05, 0.1) is 25.4 Å². The van der Waals surface area contributed by atoms with Crippen LogP contribution >= 0.6 is 0 Å². The molecule has 182 valence electrons. The molecule has 3 rings (SSSR count). The number of carbonyl (C=O) groups is 5. The number of nitrogens with one attached hydrogen (secondary N) is 3. The minimum Gasteiger partial charge on any atom is -0.503 e. The second-order valence-electron chi connectivity index (χ2n) is 7.06. The fourth-order valence-corrected chi connectivity index (χ4v) is 4.08. The molecule has 0 radical (unpaired) electrons. The van der Waals surface area contributed by atoms with Gasteiger partial charge < -0.3 is 21.1 Å². The SMILES string of the molecule is NC1CN(C(=O)NC=CCS(=O)(=O)N2CCN(NC(=O)c3cc(=O)c(O)c[nH]3)C(=O)C2=O)C1=O. The number of carbonyl (C=O) groups excluding carboxylic acids is 5. The molecule has 2 aliphatic heterocycles. The second-order valence-corrected chi connectivity index (χ2v) is 8.99. The Morgan fingerprint density at radius 1 is 1.21 bits per heavy atom. The third-order valence-electron chi connectivity index (χ3n) is 4.73. The molecule has 17 heteroatoms. The number of nitrogens with two attached hydrogens (primary N) is 1. The zero-order valence-electron chi connectivity index (χ0n) is 17.3. The van der Waals surface area contributed by atoms with Crippen LogP contribution < -0.4 is 21.9 Å². The van der Waals surface area contributed by atoms with Crippen LogP contribution in [0.1, 0.15) is 10.5 Å². The number of piperazine rings is 1. The Kier molecular flexibility index (Phi) is 6.68. The molecule has 2 aliphatic rings. The maximum absolute atomic E-state index is 12.4. The molecule has 0 aliphatic carbocycles. The van der Waals surface area contributed by atoms with Crippen molar-refractivity contribution < 1.29 is 37.5 Å². The van der Waals surface area contributed by atoms with Gasteiger partial charge in [0.25, 0.3) is 5.91 Å². The molecule has 34 heavy (non-hydrogen) atoms. The topological polar surface area (TPSA) is 232 Å². The van der Waals surface area contributed by atoms with E-state index in [1.807, 2.05) is 0 Å². The molecule has 1 atom stereocenters. The van der Waals surface area contributed by atoms with Crippen molar-refractivity contribution in [2.75, 3.05) is 25.4 Å². The minimum absolute atomic E-state index is 0.0249. The van der Waals surface area contributed by atoms with Crippen molar-refractivity contribution in [1.82, 2.24) is 29.9 Å². The van der Waals surface area contributed by atoms with E-state index in [-0.39, 0.29) is 18.8 Å². The van der Waals surface area contributed by atoms with E-state index in [0.29, 0.717) is 9.31 Å². The molecule has 16 nitrogen and oxygen atoms in total. The number of rotatable bonds is 6. The first-order valence-corrected chi connectivity index (χ1v) is 11.1. The van der Waals surface area contributed by atoms with Crippen LogP contribution in [-0.2, 0) is 24.4 Å². The Hall–Kier alpha value is -4.25. The Labute approximate surface area is 191 Å². The van der Waals surface area contributed by atoms with Crippen molar-refractivity contribution >= 4 is 39.7 Å². The molecule has 2 saturated heterocycles. The highest BCUT2D eigenvalue weighted by Gasteiger charge is 2.40. The zero-order chi connectivity index (χ0) is 25.2. The number of hydrazine groups is 1. The summed E-state index contributed by atoms with van der Waals surface area (Å²) in [5.74, 6) is -5.70. The number of nitrogens with zero attached hydrogens (tertiary/aromatic N) is 3. The van der Waals surface area contributed by atoms with Crippen LogP contribution in [0, 0.1) is 0 Å². The van der Waals surface area contributed by atoms with Crippen molar-refractivity contribution in [3.8, 4) is 5.75 Å². The molecule has 0 spiro atoms. The van der Waals surface area contributed by atoms with Crippen LogP contribution in [0.3, 0.4) is 0 Å². The summed E-state index contributed by atoms with van der Waals surface area (Å²) in [7, 11) is -4.30. The number of sulfonamides is 1. The number of aromatic amines is 1. The Bertz CT molecular complexity index is 1260.